The Morgan fingerprint density at radius 1 is 1.30 bits per heavy atom. The lowest BCUT2D eigenvalue weighted by molar-refractivity contribution is 0.0866. The van der Waals surface area contributed by atoms with E-state index in [1.165, 1.54) is 18.5 Å². The van der Waals surface area contributed by atoms with Crippen molar-refractivity contribution in [2.45, 2.75) is 76.8 Å². The number of aliphatic hydroxyl groups excluding tert-OH is 1. The Morgan fingerprint density at radius 3 is 2.61 bits per heavy atom. The summed E-state index contributed by atoms with van der Waals surface area (Å²) in [5.74, 6) is 0.642. The molecule has 1 aromatic rings. The van der Waals surface area contributed by atoms with Gasteiger partial charge in [-0.05, 0) is 52.5 Å². The number of carbonyl (C=O) groups excluding carboxylic acids is 1. The minimum atomic E-state index is -0.116. The first-order valence-corrected chi connectivity index (χ1v) is 8.92. The summed E-state index contributed by atoms with van der Waals surface area (Å²) in [5, 5.41) is 17.2. The van der Waals surface area contributed by atoms with E-state index in [0.717, 1.165) is 25.7 Å². The Labute approximate surface area is 138 Å². The van der Waals surface area contributed by atoms with Crippen LogP contribution in [0.25, 0.3) is 0 Å². The van der Waals surface area contributed by atoms with E-state index in [-0.39, 0.29) is 30.0 Å². The first-order chi connectivity index (χ1) is 10.9. The van der Waals surface area contributed by atoms with Gasteiger partial charge in [-0.3, -0.25) is 9.48 Å². The van der Waals surface area contributed by atoms with Crippen molar-refractivity contribution in [2.75, 3.05) is 6.61 Å². The quantitative estimate of drug-likeness (QED) is 0.897. The lowest BCUT2D eigenvalue weighted by atomic mass is 9.85. The Hall–Kier alpha value is -1.36. The average Bonchev–Trinajstić information content (AvgIpc) is 3.24. The fourth-order valence-electron chi connectivity index (χ4n) is 3.57. The number of aliphatic hydroxyl groups is 1. The van der Waals surface area contributed by atoms with Crippen LogP contribution in [0.1, 0.15) is 81.4 Å². The minimum Gasteiger partial charge on any atom is -0.396 e. The molecule has 1 amide bonds. The van der Waals surface area contributed by atoms with E-state index in [2.05, 4.69) is 31.2 Å². The number of rotatable bonds is 4. The molecule has 2 atom stereocenters. The highest BCUT2D eigenvalue weighted by Gasteiger charge is 2.33. The summed E-state index contributed by atoms with van der Waals surface area (Å²) in [6.07, 6.45) is 6.58. The maximum atomic E-state index is 12.6. The third kappa shape index (κ3) is 3.60. The van der Waals surface area contributed by atoms with E-state index in [0.29, 0.717) is 11.6 Å². The highest BCUT2D eigenvalue weighted by molar-refractivity contribution is 5.92. The molecule has 2 unspecified atom stereocenters. The van der Waals surface area contributed by atoms with Gasteiger partial charge in [0.1, 0.15) is 5.69 Å². The first-order valence-electron chi connectivity index (χ1n) is 8.92. The van der Waals surface area contributed by atoms with E-state index in [1.54, 1.807) is 0 Å². The van der Waals surface area contributed by atoms with Crippen molar-refractivity contribution in [1.82, 2.24) is 15.1 Å². The molecule has 128 valence electrons. The second-order valence-electron chi connectivity index (χ2n) is 8.12. The smallest absolute Gasteiger partial charge is 0.272 e. The van der Waals surface area contributed by atoms with E-state index in [1.807, 2.05) is 10.7 Å². The van der Waals surface area contributed by atoms with Gasteiger partial charge < -0.3 is 10.4 Å². The van der Waals surface area contributed by atoms with E-state index >= 15 is 0 Å². The highest BCUT2D eigenvalue weighted by Crippen LogP contribution is 2.41. The average molecular weight is 319 g/mol. The fourth-order valence-corrected chi connectivity index (χ4v) is 3.57. The maximum absolute atomic E-state index is 12.6. The number of aromatic nitrogens is 2. The Kier molecular flexibility index (Phi) is 4.50. The van der Waals surface area contributed by atoms with Crippen molar-refractivity contribution in [3.8, 4) is 0 Å². The molecule has 2 fully saturated rings. The number of hydrogen-bond acceptors (Lipinski definition) is 3. The molecule has 23 heavy (non-hydrogen) atoms. The molecule has 2 aliphatic carbocycles. The van der Waals surface area contributed by atoms with Crippen LogP contribution in [0.3, 0.4) is 0 Å². The SMILES string of the molecule is CC(C)(C)n1nc(C(=O)NC2CCCCC2CO)cc1C1CC1. The van der Waals surface area contributed by atoms with E-state index in [4.69, 9.17) is 0 Å². The molecule has 1 heterocycles. The van der Waals surface area contributed by atoms with Crippen LogP contribution in [0.4, 0.5) is 0 Å². The fraction of sp³-hybridized carbons (Fsp3) is 0.778. The van der Waals surface area contributed by atoms with Crippen LogP contribution in [0.5, 0.6) is 0 Å². The molecule has 2 N–H and O–H groups in total. The lowest BCUT2D eigenvalue weighted by Crippen LogP contribution is -2.43. The third-order valence-electron chi connectivity index (χ3n) is 5.06. The predicted molar refractivity (Wildman–Crippen MR) is 89.5 cm³/mol. The molecule has 1 aromatic heterocycles. The third-order valence-corrected chi connectivity index (χ3v) is 5.06. The normalized spacial score (nSPS) is 25.4. The molecule has 0 aromatic carbocycles. The highest BCUT2D eigenvalue weighted by atomic mass is 16.3. The molecule has 0 aliphatic heterocycles. The molecule has 0 radical (unpaired) electrons. The Balaban J connectivity index is 1.77. The molecular weight excluding hydrogens is 290 g/mol. The Morgan fingerprint density at radius 2 is 2.00 bits per heavy atom. The van der Waals surface area contributed by atoms with Gasteiger partial charge in [0, 0.05) is 30.2 Å². The maximum Gasteiger partial charge on any atom is 0.272 e. The summed E-state index contributed by atoms with van der Waals surface area (Å²) < 4.78 is 2.02. The zero-order valence-electron chi connectivity index (χ0n) is 14.5. The van der Waals surface area contributed by atoms with Crippen molar-refractivity contribution in [3.05, 3.63) is 17.5 Å². The van der Waals surface area contributed by atoms with Gasteiger partial charge in [-0.1, -0.05) is 12.8 Å². The monoisotopic (exact) mass is 319 g/mol. The van der Waals surface area contributed by atoms with Gasteiger partial charge in [0.25, 0.3) is 5.91 Å². The van der Waals surface area contributed by atoms with Crippen molar-refractivity contribution in [3.63, 3.8) is 0 Å². The van der Waals surface area contributed by atoms with Crippen molar-refractivity contribution >= 4 is 5.91 Å². The van der Waals surface area contributed by atoms with Crippen molar-refractivity contribution in [1.29, 1.82) is 0 Å². The molecule has 2 saturated carbocycles. The second kappa shape index (κ2) is 6.27. The lowest BCUT2D eigenvalue weighted by Gasteiger charge is -2.30. The molecular formula is C18H29N3O2. The number of hydrogen-bond donors (Lipinski definition) is 2. The van der Waals surface area contributed by atoms with Gasteiger partial charge in [0.05, 0.1) is 5.54 Å². The standard InChI is InChI=1S/C18H29N3O2/c1-18(2,3)21-16(12-8-9-12)10-15(20-21)17(23)19-14-7-5-4-6-13(14)11-22/h10,12-14,22H,4-9,11H2,1-3H3,(H,19,23). The second-order valence-corrected chi connectivity index (χ2v) is 8.12. The van der Waals surface area contributed by atoms with Crippen LogP contribution in [0.2, 0.25) is 0 Å². The summed E-state index contributed by atoms with van der Waals surface area (Å²) in [6, 6.07) is 2.04. The molecule has 0 saturated heterocycles. The summed E-state index contributed by atoms with van der Waals surface area (Å²) >= 11 is 0. The largest absolute Gasteiger partial charge is 0.396 e. The summed E-state index contributed by atoms with van der Waals surface area (Å²) in [4.78, 5) is 12.6. The van der Waals surface area contributed by atoms with Crippen LogP contribution >= 0.6 is 0 Å². The van der Waals surface area contributed by atoms with Gasteiger partial charge in [0.15, 0.2) is 0 Å². The summed E-state index contributed by atoms with van der Waals surface area (Å²) in [6.45, 7) is 6.51. The van der Waals surface area contributed by atoms with Gasteiger partial charge in [0.2, 0.25) is 0 Å². The van der Waals surface area contributed by atoms with Gasteiger partial charge >= 0.3 is 0 Å². The van der Waals surface area contributed by atoms with Crippen LogP contribution < -0.4 is 5.32 Å². The summed E-state index contributed by atoms with van der Waals surface area (Å²) in [7, 11) is 0. The zero-order valence-corrected chi connectivity index (χ0v) is 14.5. The molecule has 5 heteroatoms. The molecule has 5 nitrogen and oxygen atoms in total. The summed E-state index contributed by atoms with van der Waals surface area (Å²) in [5.41, 5.74) is 1.59. The van der Waals surface area contributed by atoms with E-state index in [9.17, 15) is 9.90 Å². The number of amides is 1. The predicted octanol–water partition coefficient (Wildman–Crippen LogP) is 2.80. The van der Waals surface area contributed by atoms with Gasteiger partial charge in [-0.25, -0.2) is 0 Å². The molecule has 0 bridgehead atoms. The van der Waals surface area contributed by atoms with Gasteiger partial charge in [-0.2, -0.15) is 5.10 Å². The van der Waals surface area contributed by atoms with Crippen LogP contribution in [-0.2, 0) is 5.54 Å². The Bertz CT molecular complexity index is 569. The van der Waals surface area contributed by atoms with Crippen molar-refractivity contribution in [2.24, 2.45) is 5.92 Å². The van der Waals surface area contributed by atoms with Crippen LogP contribution in [0.15, 0.2) is 6.07 Å². The number of nitrogens with one attached hydrogen (secondary N) is 1. The molecule has 3 rings (SSSR count). The first kappa shape index (κ1) is 16.5. The van der Waals surface area contributed by atoms with E-state index < -0.39 is 0 Å². The van der Waals surface area contributed by atoms with Crippen LogP contribution in [0, 0.1) is 5.92 Å². The number of carbonyl (C=O) groups is 1. The number of nitrogens with zero attached hydrogens (tertiary/aromatic N) is 2. The minimum absolute atomic E-state index is 0.0745. The van der Waals surface area contributed by atoms with Crippen molar-refractivity contribution < 1.29 is 9.90 Å². The van der Waals surface area contributed by atoms with Crippen LogP contribution in [-0.4, -0.2) is 33.4 Å². The zero-order chi connectivity index (χ0) is 16.6. The van der Waals surface area contributed by atoms with Gasteiger partial charge in [-0.15, -0.1) is 0 Å². The molecule has 2 aliphatic rings. The molecule has 0 spiro atoms. The topological polar surface area (TPSA) is 67.2 Å².